The molecule has 0 fully saturated rings. The van der Waals surface area contributed by atoms with Crippen molar-refractivity contribution in [3.63, 3.8) is 0 Å². The van der Waals surface area contributed by atoms with Gasteiger partial charge in [0.2, 0.25) is 0 Å². The normalized spacial score (nSPS) is 12.2. The molecule has 14 heavy (non-hydrogen) atoms. The number of nitrogen functional groups attached to an aromatic ring is 1. The zero-order valence-corrected chi connectivity index (χ0v) is 8.79. The average molecular weight is 194 g/mol. The van der Waals surface area contributed by atoms with Gasteiger partial charge in [0.15, 0.2) is 0 Å². The van der Waals surface area contributed by atoms with E-state index in [1.807, 2.05) is 24.3 Å². The molecule has 0 saturated carbocycles. The maximum Gasteiger partial charge on any atom is 0.119 e. The summed E-state index contributed by atoms with van der Waals surface area (Å²) in [5, 5.41) is 0. The van der Waals surface area contributed by atoms with Crippen molar-refractivity contribution in [3.05, 3.63) is 24.3 Å². The Bertz CT molecular complexity index is 258. The molecule has 0 unspecified atom stereocenters. The molecule has 1 rings (SSSR count). The monoisotopic (exact) mass is 194 g/mol. The van der Waals surface area contributed by atoms with Crippen molar-refractivity contribution in [3.8, 4) is 5.75 Å². The number of anilines is 1. The third-order valence-corrected chi connectivity index (χ3v) is 2.05. The van der Waals surface area contributed by atoms with Gasteiger partial charge in [-0.25, -0.2) is 0 Å². The van der Waals surface area contributed by atoms with E-state index < -0.39 is 0 Å². The summed E-state index contributed by atoms with van der Waals surface area (Å²) in [6.45, 7) is 4.24. The van der Waals surface area contributed by atoms with Crippen molar-refractivity contribution < 1.29 is 4.74 Å². The van der Waals surface area contributed by atoms with Crippen molar-refractivity contribution in [2.45, 2.75) is 32.8 Å². The Labute approximate surface area is 85.2 Å². The molecule has 0 amide bonds. The summed E-state index contributed by atoms with van der Waals surface area (Å²) in [5.74, 6) is 6.15. The molecule has 78 valence electrons. The molecule has 0 aliphatic heterocycles. The van der Waals surface area contributed by atoms with Gasteiger partial charge in [-0.3, -0.25) is 5.84 Å². The van der Waals surface area contributed by atoms with Gasteiger partial charge in [-0.15, -0.1) is 0 Å². The summed E-state index contributed by atoms with van der Waals surface area (Å²) in [6, 6.07) is 7.63. The van der Waals surface area contributed by atoms with Gasteiger partial charge in [-0.05, 0) is 37.6 Å². The van der Waals surface area contributed by atoms with Gasteiger partial charge in [0.05, 0.1) is 6.10 Å². The van der Waals surface area contributed by atoms with Crippen LogP contribution in [0.4, 0.5) is 5.69 Å². The first kappa shape index (κ1) is 10.9. The van der Waals surface area contributed by atoms with Crippen LogP contribution in [0.25, 0.3) is 0 Å². The van der Waals surface area contributed by atoms with Gasteiger partial charge >= 0.3 is 0 Å². The number of nitrogens with one attached hydrogen (secondary N) is 1. The van der Waals surface area contributed by atoms with Crippen LogP contribution < -0.4 is 16.0 Å². The van der Waals surface area contributed by atoms with Gasteiger partial charge in [0.25, 0.3) is 0 Å². The Morgan fingerprint density at radius 1 is 1.36 bits per heavy atom. The van der Waals surface area contributed by atoms with Crippen molar-refractivity contribution in [1.29, 1.82) is 0 Å². The molecule has 0 saturated heterocycles. The summed E-state index contributed by atoms with van der Waals surface area (Å²) in [7, 11) is 0. The molecule has 3 nitrogen and oxygen atoms in total. The molecular weight excluding hydrogens is 176 g/mol. The topological polar surface area (TPSA) is 47.3 Å². The van der Waals surface area contributed by atoms with Gasteiger partial charge in [0, 0.05) is 5.69 Å². The zero-order chi connectivity index (χ0) is 10.4. The van der Waals surface area contributed by atoms with E-state index >= 15 is 0 Å². The van der Waals surface area contributed by atoms with Gasteiger partial charge in [-0.2, -0.15) is 0 Å². The zero-order valence-electron chi connectivity index (χ0n) is 8.79. The van der Waals surface area contributed by atoms with Crippen LogP contribution in [0.5, 0.6) is 5.75 Å². The highest BCUT2D eigenvalue weighted by Crippen LogP contribution is 2.17. The van der Waals surface area contributed by atoms with Crippen LogP contribution in [-0.4, -0.2) is 6.10 Å². The largest absolute Gasteiger partial charge is 0.491 e. The van der Waals surface area contributed by atoms with Crippen LogP contribution in [0.1, 0.15) is 26.7 Å². The fraction of sp³-hybridized carbons (Fsp3) is 0.455. The van der Waals surface area contributed by atoms with Crippen LogP contribution in [0.15, 0.2) is 24.3 Å². The molecule has 1 aromatic rings. The third-order valence-electron chi connectivity index (χ3n) is 2.05. The Morgan fingerprint density at radius 2 is 2.00 bits per heavy atom. The molecule has 1 atom stereocenters. The summed E-state index contributed by atoms with van der Waals surface area (Å²) in [6.07, 6.45) is 2.50. The quantitative estimate of drug-likeness (QED) is 0.559. The lowest BCUT2D eigenvalue weighted by atomic mass is 10.2. The molecule has 0 radical (unpaired) electrons. The highest BCUT2D eigenvalue weighted by Gasteiger charge is 2.01. The number of hydrazine groups is 1. The standard InChI is InChI=1S/C11H18N2O/c1-3-4-9(2)14-11-7-5-10(13-12)6-8-11/h5-9,13H,3-4,12H2,1-2H3/t9-/m1/s1. The number of rotatable bonds is 5. The van der Waals surface area contributed by atoms with Crippen molar-refractivity contribution in [2.24, 2.45) is 5.84 Å². The molecular formula is C11H18N2O. The number of nitrogens with two attached hydrogens (primary N) is 1. The molecule has 0 spiro atoms. The van der Waals surface area contributed by atoms with E-state index in [9.17, 15) is 0 Å². The molecule has 0 aliphatic rings. The van der Waals surface area contributed by atoms with E-state index in [0.717, 1.165) is 24.3 Å². The lowest BCUT2D eigenvalue weighted by molar-refractivity contribution is 0.210. The fourth-order valence-corrected chi connectivity index (χ4v) is 1.33. The number of hydrogen-bond donors (Lipinski definition) is 2. The summed E-state index contributed by atoms with van der Waals surface area (Å²) >= 11 is 0. The van der Waals surface area contributed by atoms with Crippen molar-refractivity contribution in [1.82, 2.24) is 0 Å². The second kappa shape index (κ2) is 5.50. The van der Waals surface area contributed by atoms with E-state index in [1.54, 1.807) is 0 Å². The average Bonchev–Trinajstić information content (AvgIpc) is 2.19. The van der Waals surface area contributed by atoms with Crippen molar-refractivity contribution >= 4 is 5.69 Å². The highest BCUT2D eigenvalue weighted by atomic mass is 16.5. The first-order valence-electron chi connectivity index (χ1n) is 4.99. The predicted molar refractivity (Wildman–Crippen MR) is 59.3 cm³/mol. The lowest BCUT2D eigenvalue weighted by Gasteiger charge is -2.13. The third kappa shape index (κ3) is 3.26. The van der Waals surface area contributed by atoms with Gasteiger partial charge < -0.3 is 10.2 Å². The fourth-order valence-electron chi connectivity index (χ4n) is 1.33. The summed E-state index contributed by atoms with van der Waals surface area (Å²) in [5.41, 5.74) is 3.47. The minimum atomic E-state index is 0.275. The lowest BCUT2D eigenvalue weighted by Crippen LogP contribution is -2.11. The van der Waals surface area contributed by atoms with E-state index in [1.165, 1.54) is 0 Å². The van der Waals surface area contributed by atoms with E-state index in [4.69, 9.17) is 10.6 Å². The molecule has 0 aliphatic carbocycles. The Hall–Kier alpha value is -1.22. The second-order valence-electron chi connectivity index (χ2n) is 3.39. The summed E-state index contributed by atoms with van der Waals surface area (Å²) in [4.78, 5) is 0. The SMILES string of the molecule is CCC[C@@H](C)Oc1ccc(NN)cc1. The Balaban J connectivity index is 2.50. The Morgan fingerprint density at radius 3 is 2.50 bits per heavy atom. The highest BCUT2D eigenvalue weighted by molar-refractivity contribution is 5.45. The van der Waals surface area contributed by atoms with Gasteiger partial charge in [0.1, 0.15) is 5.75 Å². The number of hydrogen-bond acceptors (Lipinski definition) is 3. The van der Waals surface area contributed by atoms with Crippen LogP contribution in [0, 0.1) is 0 Å². The number of ether oxygens (including phenoxy) is 1. The molecule has 0 bridgehead atoms. The smallest absolute Gasteiger partial charge is 0.119 e. The first-order chi connectivity index (χ1) is 6.76. The second-order valence-corrected chi connectivity index (χ2v) is 3.39. The molecule has 0 aromatic heterocycles. The molecule has 0 heterocycles. The Kier molecular flexibility index (Phi) is 4.26. The maximum atomic E-state index is 5.69. The van der Waals surface area contributed by atoms with Crippen molar-refractivity contribution in [2.75, 3.05) is 5.43 Å². The van der Waals surface area contributed by atoms with Crippen LogP contribution in [0.3, 0.4) is 0 Å². The van der Waals surface area contributed by atoms with E-state index in [2.05, 4.69) is 19.3 Å². The van der Waals surface area contributed by atoms with Gasteiger partial charge in [-0.1, -0.05) is 13.3 Å². The van der Waals surface area contributed by atoms with Crippen LogP contribution >= 0.6 is 0 Å². The first-order valence-corrected chi connectivity index (χ1v) is 4.99. The van der Waals surface area contributed by atoms with E-state index in [0.29, 0.717) is 0 Å². The molecule has 1 aromatic carbocycles. The molecule has 3 N–H and O–H groups in total. The van der Waals surface area contributed by atoms with Crippen LogP contribution in [0.2, 0.25) is 0 Å². The predicted octanol–water partition coefficient (Wildman–Crippen LogP) is 2.54. The summed E-state index contributed by atoms with van der Waals surface area (Å²) < 4.78 is 5.69. The molecule has 3 heteroatoms. The van der Waals surface area contributed by atoms with Crippen LogP contribution in [-0.2, 0) is 0 Å². The van der Waals surface area contributed by atoms with E-state index in [-0.39, 0.29) is 6.10 Å². The minimum Gasteiger partial charge on any atom is -0.491 e. The maximum absolute atomic E-state index is 5.69. The minimum absolute atomic E-state index is 0.275. The number of benzene rings is 1.